The molecule has 5 nitrogen and oxygen atoms in total. The van der Waals surface area contributed by atoms with Crippen molar-refractivity contribution < 1.29 is 9.13 Å². The van der Waals surface area contributed by atoms with E-state index in [1.165, 1.54) is 16.8 Å². The number of nitrogens with one attached hydrogen (secondary N) is 1. The number of alkyl halides is 1. The van der Waals surface area contributed by atoms with Gasteiger partial charge < -0.3 is 4.74 Å². The standard InChI is InChI=1S/C24H25FN2O3/c1-24(2,3)19-13-16(27-10-9-21(28)26-23(27)29)12-18(22(19)30-4)15-5-7-17-14(11-15)6-8-20(17)25/h5,7,9-13,20H,6,8H2,1-4H3,(H,26,28,29). The van der Waals surface area contributed by atoms with Crippen LogP contribution in [0, 0.1) is 0 Å². The van der Waals surface area contributed by atoms with Crippen LogP contribution in [0.2, 0.25) is 0 Å². The maximum absolute atomic E-state index is 14.1. The number of hydrogen-bond donors (Lipinski definition) is 1. The number of ether oxygens (including phenoxy) is 1. The highest BCUT2D eigenvalue weighted by Crippen LogP contribution is 2.43. The first-order valence-electron chi connectivity index (χ1n) is 10.0. The first kappa shape index (κ1) is 20.1. The zero-order chi connectivity index (χ0) is 21.6. The topological polar surface area (TPSA) is 64.1 Å². The normalized spacial score (nSPS) is 15.8. The van der Waals surface area contributed by atoms with Crippen LogP contribution in [0.1, 0.15) is 50.1 Å². The van der Waals surface area contributed by atoms with Crippen molar-refractivity contribution in [2.75, 3.05) is 7.11 Å². The quantitative estimate of drug-likeness (QED) is 0.696. The van der Waals surface area contributed by atoms with Crippen LogP contribution in [0.25, 0.3) is 16.8 Å². The SMILES string of the molecule is COc1c(-c2ccc3c(c2)CCC3F)cc(-n2ccc(=O)[nH]c2=O)cc1C(C)(C)C. The molecule has 6 heteroatoms. The van der Waals surface area contributed by atoms with Crippen LogP contribution in [0.15, 0.2) is 52.2 Å². The molecule has 2 aromatic carbocycles. The predicted octanol–water partition coefficient (Wildman–Crippen LogP) is 4.46. The number of halogens is 1. The molecular weight excluding hydrogens is 383 g/mol. The van der Waals surface area contributed by atoms with Gasteiger partial charge in [-0.15, -0.1) is 0 Å². The first-order valence-corrected chi connectivity index (χ1v) is 10.0. The largest absolute Gasteiger partial charge is 0.496 e. The molecule has 0 saturated heterocycles. The van der Waals surface area contributed by atoms with E-state index in [1.807, 2.05) is 30.3 Å². The van der Waals surface area contributed by atoms with E-state index in [0.29, 0.717) is 18.5 Å². The second kappa shape index (κ2) is 7.27. The third-order valence-electron chi connectivity index (χ3n) is 5.65. The third-order valence-corrected chi connectivity index (χ3v) is 5.65. The summed E-state index contributed by atoms with van der Waals surface area (Å²) < 4.78 is 21.3. The monoisotopic (exact) mass is 408 g/mol. The number of benzene rings is 2. The molecule has 1 N–H and O–H groups in total. The fraction of sp³-hybridized carbons (Fsp3) is 0.333. The molecular formula is C24H25FN2O3. The average molecular weight is 408 g/mol. The lowest BCUT2D eigenvalue weighted by atomic mass is 9.83. The number of nitrogens with zero attached hydrogens (tertiary/aromatic N) is 1. The van der Waals surface area contributed by atoms with E-state index in [1.54, 1.807) is 7.11 Å². The van der Waals surface area contributed by atoms with E-state index in [-0.39, 0.29) is 5.41 Å². The van der Waals surface area contributed by atoms with Gasteiger partial charge in [0.2, 0.25) is 0 Å². The number of H-pyrrole nitrogens is 1. The first-order chi connectivity index (χ1) is 14.2. The summed E-state index contributed by atoms with van der Waals surface area (Å²) in [5.41, 5.74) is 3.83. The molecule has 1 atom stereocenters. The fourth-order valence-electron chi connectivity index (χ4n) is 4.10. The van der Waals surface area contributed by atoms with E-state index >= 15 is 0 Å². The molecule has 4 rings (SSSR count). The van der Waals surface area contributed by atoms with E-state index in [0.717, 1.165) is 33.6 Å². The minimum Gasteiger partial charge on any atom is -0.496 e. The Labute approximate surface area is 174 Å². The number of aromatic amines is 1. The van der Waals surface area contributed by atoms with Gasteiger partial charge >= 0.3 is 5.69 Å². The van der Waals surface area contributed by atoms with Crippen LogP contribution in [0.5, 0.6) is 5.75 Å². The lowest BCUT2D eigenvalue weighted by Gasteiger charge is -2.26. The lowest BCUT2D eigenvalue weighted by Crippen LogP contribution is -2.27. The van der Waals surface area contributed by atoms with Crippen molar-refractivity contribution in [3.63, 3.8) is 0 Å². The van der Waals surface area contributed by atoms with Gasteiger partial charge in [-0.2, -0.15) is 0 Å². The summed E-state index contributed by atoms with van der Waals surface area (Å²) in [6.07, 6.45) is 1.77. The van der Waals surface area contributed by atoms with Gasteiger partial charge in [0.25, 0.3) is 5.56 Å². The highest BCUT2D eigenvalue weighted by atomic mass is 19.1. The Hall–Kier alpha value is -3.15. The Morgan fingerprint density at radius 1 is 1.13 bits per heavy atom. The minimum atomic E-state index is -0.910. The Balaban J connectivity index is 2.00. The Kier molecular flexibility index (Phi) is 4.88. The van der Waals surface area contributed by atoms with Gasteiger partial charge in [-0.3, -0.25) is 14.3 Å². The van der Waals surface area contributed by atoms with Gasteiger partial charge in [0.1, 0.15) is 11.9 Å². The number of aryl methyl sites for hydroxylation is 1. The highest BCUT2D eigenvalue weighted by molar-refractivity contribution is 5.76. The summed E-state index contributed by atoms with van der Waals surface area (Å²) in [5.74, 6) is 0.721. The minimum absolute atomic E-state index is 0.261. The molecule has 30 heavy (non-hydrogen) atoms. The molecule has 0 saturated carbocycles. The van der Waals surface area contributed by atoms with Gasteiger partial charge in [0.05, 0.1) is 12.8 Å². The molecule has 156 valence electrons. The molecule has 0 spiro atoms. The summed E-state index contributed by atoms with van der Waals surface area (Å²) in [4.78, 5) is 26.2. The fourth-order valence-corrected chi connectivity index (χ4v) is 4.10. The maximum Gasteiger partial charge on any atom is 0.332 e. The van der Waals surface area contributed by atoms with Crippen LogP contribution in [0.3, 0.4) is 0 Å². The van der Waals surface area contributed by atoms with Gasteiger partial charge in [-0.1, -0.05) is 39.0 Å². The summed E-state index contributed by atoms with van der Waals surface area (Å²) in [6.45, 7) is 6.22. The Bertz CT molecular complexity index is 1230. The second-order valence-corrected chi connectivity index (χ2v) is 8.72. The van der Waals surface area contributed by atoms with Crippen LogP contribution in [0.4, 0.5) is 4.39 Å². The summed E-state index contributed by atoms with van der Waals surface area (Å²) in [5, 5.41) is 0. The Morgan fingerprint density at radius 2 is 1.90 bits per heavy atom. The predicted molar refractivity (Wildman–Crippen MR) is 116 cm³/mol. The molecule has 1 aliphatic rings. The summed E-state index contributed by atoms with van der Waals surface area (Å²) in [6, 6.07) is 10.9. The van der Waals surface area contributed by atoms with Crippen LogP contribution >= 0.6 is 0 Å². The smallest absolute Gasteiger partial charge is 0.332 e. The van der Waals surface area contributed by atoms with Gasteiger partial charge in [0.15, 0.2) is 0 Å². The van der Waals surface area contributed by atoms with E-state index in [2.05, 4.69) is 25.8 Å². The number of methoxy groups -OCH3 is 1. The van der Waals surface area contributed by atoms with Gasteiger partial charge in [-0.25, -0.2) is 9.18 Å². The molecule has 1 unspecified atom stereocenters. The van der Waals surface area contributed by atoms with E-state index < -0.39 is 17.4 Å². The molecule has 0 bridgehead atoms. The van der Waals surface area contributed by atoms with Crippen molar-refractivity contribution >= 4 is 0 Å². The van der Waals surface area contributed by atoms with Gasteiger partial charge in [-0.05, 0) is 47.1 Å². The molecule has 1 aromatic heterocycles. The number of aromatic nitrogens is 2. The molecule has 0 radical (unpaired) electrons. The van der Waals surface area contributed by atoms with Crippen molar-refractivity contribution in [1.82, 2.24) is 9.55 Å². The number of hydrogen-bond acceptors (Lipinski definition) is 3. The van der Waals surface area contributed by atoms with Crippen molar-refractivity contribution in [3.05, 3.63) is 80.1 Å². The van der Waals surface area contributed by atoms with Crippen LogP contribution in [-0.4, -0.2) is 16.7 Å². The zero-order valence-corrected chi connectivity index (χ0v) is 17.6. The number of fused-ring (bicyclic) bond motifs is 1. The van der Waals surface area contributed by atoms with Crippen molar-refractivity contribution in [1.29, 1.82) is 0 Å². The highest BCUT2D eigenvalue weighted by Gasteiger charge is 2.26. The molecule has 0 amide bonds. The summed E-state index contributed by atoms with van der Waals surface area (Å²) >= 11 is 0. The Morgan fingerprint density at radius 3 is 2.57 bits per heavy atom. The van der Waals surface area contributed by atoms with Crippen molar-refractivity contribution in [2.24, 2.45) is 0 Å². The molecule has 3 aromatic rings. The zero-order valence-electron chi connectivity index (χ0n) is 17.6. The van der Waals surface area contributed by atoms with E-state index in [4.69, 9.17) is 4.74 Å². The average Bonchev–Trinajstić information content (AvgIpc) is 3.06. The summed E-state index contributed by atoms with van der Waals surface area (Å²) in [7, 11) is 1.63. The van der Waals surface area contributed by atoms with Crippen molar-refractivity contribution in [2.45, 2.75) is 45.2 Å². The van der Waals surface area contributed by atoms with Gasteiger partial charge in [0, 0.05) is 23.4 Å². The molecule has 1 aliphatic carbocycles. The molecule has 0 fully saturated rings. The van der Waals surface area contributed by atoms with Crippen LogP contribution in [-0.2, 0) is 11.8 Å². The second-order valence-electron chi connectivity index (χ2n) is 8.72. The van der Waals surface area contributed by atoms with Crippen molar-refractivity contribution in [3.8, 4) is 22.6 Å². The van der Waals surface area contributed by atoms with Crippen LogP contribution < -0.4 is 16.0 Å². The lowest BCUT2D eigenvalue weighted by molar-refractivity contribution is 0.344. The number of rotatable bonds is 3. The molecule has 1 heterocycles. The third kappa shape index (κ3) is 3.47. The molecule has 0 aliphatic heterocycles. The maximum atomic E-state index is 14.1. The van der Waals surface area contributed by atoms with E-state index in [9.17, 15) is 14.0 Å².